The first-order valence-corrected chi connectivity index (χ1v) is 5.21. The highest BCUT2D eigenvalue weighted by molar-refractivity contribution is 7.85. The number of hydrogen-bond acceptors (Lipinski definition) is 5. The Morgan fingerprint density at radius 1 is 1.50 bits per heavy atom. The number of carbonyl (C=O) groups excluding carboxylic acids is 1. The topological polar surface area (TPSA) is 69.7 Å². The van der Waals surface area contributed by atoms with Crippen molar-refractivity contribution in [2.75, 3.05) is 12.9 Å². The molecule has 1 atom stereocenters. The van der Waals surface area contributed by atoms with E-state index in [0.29, 0.717) is 12.9 Å². The van der Waals surface area contributed by atoms with Crippen molar-refractivity contribution in [3.63, 3.8) is 0 Å². The van der Waals surface area contributed by atoms with Crippen molar-refractivity contribution >= 4 is 16.6 Å². The van der Waals surface area contributed by atoms with Crippen LogP contribution in [0, 0.1) is 0 Å². The molecule has 0 fully saturated rings. The Morgan fingerprint density at radius 2 is 2.08 bits per heavy atom. The number of ether oxygens (including phenoxy) is 1. The summed E-state index contributed by atoms with van der Waals surface area (Å²) in [6.07, 6.45) is 1.02. The molecule has 0 rings (SSSR count). The van der Waals surface area contributed by atoms with E-state index in [2.05, 4.69) is 8.92 Å². The Hall–Kier alpha value is -0.620. The van der Waals surface area contributed by atoms with Gasteiger partial charge in [0.05, 0.1) is 12.9 Å². The smallest absolute Gasteiger partial charge is 0.293 e. The zero-order valence-electron chi connectivity index (χ0n) is 7.02. The molecule has 0 aromatic heterocycles. The maximum Gasteiger partial charge on any atom is 0.293 e. The molecular weight excluding hydrogens is 184 g/mol. The monoisotopic (exact) mass is 196 g/mol. The van der Waals surface area contributed by atoms with Crippen LogP contribution >= 0.6 is 0 Å². The lowest BCUT2D eigenvalue weighted by Crippen LogP contribution is -2.12. The summed E-state index contributed by atoms with van der Waals surface area (Å²) in [4.78, 5) is 9.79. The molecule has 0 saturated carbocycles. The molecule has 0 saturated heterocycles. The molecule has 0 N–H and O–H groups in total. The van der Waals surface area contributed by atoms with E-state index in [1.165, 1.54) is 0 Å². The molecule has 0 bridgehead atoms. The van der Waals surface area contributed by atoms with Gasteiger partial charge in [0.1, 0.15) is 6.10 Å². The van der Waals surface area contributed by atoms with Crippen LogP contribution in [0.3, 0.4) is 0 Å². The molecule has 0 aliphatic rings. The summed E-state index contributed by atoms with van der Waals surface area (Å²) >= 11 is 0. The van der Waals surface area contributed by atoms with Crippen LogP contribution in [0.25, 0.3) is 0 Å². The zero-order valence-corrected chi connectivity index (χ0v) is 7.83. The Labute approximate surface area is 71.8 Å². The molecule has 6 heteroatoms. The molecule has 0 radical (unpaired) electrons. The highest BCUT2D eigenvalue weighted by atomic mass is 32.2. The summed E-state index contributed by atoms with van der Waals surface area (Å²) in [5.74, 6) is 0. The van der Waals surface area contributed by atoms with Crippen LogP contribution < -0.4 is 0 Å². The van der Waals surface area contributed by atoms with E-state index in [1.807, 2.05) is 0 Å². The molecule has 72 valence electrons. The minimum absolute atomic E-state index is 0.0356. The van der Waals surface area contributed by atoms with Gasteiger partial charge in [0.2, 0.25) is 0 Å². The maximum absolute atomic E-state index is 10.4. The maximum atomic E-state index is 10.4. The zero-order chi connectivity index (χ0) is 9.61. The lowest BCUT2D eigenvalue weighted by Gasteiger charge is -2.07. The summed E-state index contributed by atoms with van der Waals surface area (Å²) in [5, 5.41) is 0. The van der Waals surface area contributed by atoms with E-state index >= 15 is 0 Å². The van der Waals surface area contributed by atoms with Gasteiger partial charge in [-0.2, -0.15) is 8.42 Å². The van der Waals surface area contributed by atoms with Crippen LogP contribution in [0.15, 0.2) is 0 Å². The average Bonchev–Trinajstić information content (AvgIpc) is 1.84. The van der Waals surface area contributed by atoms with Gasteiger partial charge >= 0.3 is 0 Å². The fourth-order valence-electron chi connectivity index (χ4n) is 0.528. The van der Waals surface area contributed by atoms with E-state index in [4.69, 9.17) is 0 Å². The van der Waals surface area contributed by atoms with Crippen molar-refractivity contribution in [2.45, 2.75) is 19.4 Å². The summed E-state index contributed by atoms with van der Waals surface area (Å²) in [6.45, 7) is 2.01. The van der Waals surface area contributed by atoms with Crippen molar-refractivity contribution in [3.05, 3.63) is 0 Å². The van der Waals surface area contributed by atoms with Crippen molar-refractivity contribution < 1.29 is 22.1 Å². The van der Waals surface area contributed by atoms with Crippen molar-refractivity contribution in [3.8, 4) is 0 Å². The highest BCUT2D eigenvalue weighted by Gasteiger charge is 2.05. The van der Waals surface area contributed by atoms with Crippen LogP contribution in [-0.2, 0) is 23.8 Å². The van der Waals surface area contributed by atoms with Gasteiger partial charge in [0, 0.05) is 6.42 Å². The fourth-order valence-corrected chi connectivity index (χ4v) is 0.927. The van der Waals surface area contributed by atoms with Gasteiger partial charge in [-0.1, -0.05) is 0 Å². The summed E-state index contributed by atoms with van der Waals surface area (Å²) < 4.78 is 29.8. The van der Waals surface area contributed by atoms with Gasteiger partial charge in [-0.05, 0) is 6.92 Å². The summed E-state index contributed by atoms with van der Waals surface area (Å²) in [7, 11) is -3.38. The van der Waals surface area contributed by atoms with Crippen LogP contribution in [0.5, 0.6) is 0 Å². The molecule has 0 heterocycles. The molecule has 0 amide bonds. The molecule has 1 unspecified atom stereocenters. The van der Waals surface area contributed by atoms with Crippen molar-refractivity contribution in [1.82, 2.24) is 0 Å². The third-order valence-electron chi connectivity index (χ3n) is 1.11. The molecule has 0 aliphatic carbocycles. The lowest BCUT2D eigenvalue weighted by molar-refractivity contribution is -0.133. The second-order valence-electron chi connectivity index (χ2n) is 2.36. The first kappa shape index (κ1) is 11.4. The second kappa shape index (κ2) is 5.10. The Morgan fingerprint density at radius 3 is 2.50 bits per heavy atom. The predicted molar refractivity (Wildman–Crippen MR) is 42.0 cm³/mol. The Balaban J connectivity index is 3.50. The summed E-state index contributed by atoms with van der Waals surface area (Å²) in [5.41, 5.74) is 0. The van der Waals surface area contributed by atoms with Crippen LogP contribution in [-0.4, -0.2) is 33.9 Å². The number of hydrogen-bond donors (Lipinski definition) is 0. The predicted octanol–water partition coefficient (Wildman–Crippen LogP) is -0.0858. The molecular formula is C6H12O5S. The van der Waals surface area contributed by atoms with Crippen molar-refractivity contribution in [2.24, 2.45) is 0 Å². The number of rotatable bonds is 6. The largest absolute Gasteiger partial charge is 0.465 e. The quantitative estimate of drug-likeness (QED) is 0.439. The summed E-state index contributed by atoms with van der Waals surface area (Å²) in [6, 6.07) is 0. The fraction of sp³-hybridized carbons (Fsp3) is 0.833. The van der Waals surface area contributed by atoms with E-state index in [0.717, 1.165) is 6.26 Å². The van der Waals surface area contributed by atoms with Crippen LogP contribution in [0.2, 0.25) is 0 Å². The van der Waals surface area contributed by atoms with E-state index in [-0.39, 0.29) is 12.7 Å². The van der Waals surface area contributed by atoms with Gasteiger partial charge in [0.15, 0.2) is 0 Å². The Bertz CT molecular complexity index is 220. The van der Waals surface area contributed by atoms with Gasteiger partial charge in [-0.25, -0.2) is 0 Å². The van der Waals surface area contributed by atoms with Crippen molar-refractivity contribution in [1.29, 1.82) is 0 Å². The third-order valence-corrected chi connectivity index (χ3v) is 1.70. The van der Waals surface area contributed by atoms with Crippen LogP contribution in [0.1, 0.15) is 13.3 Å². The van der Waals surface area contributed by atoms with E-state index in [1.54, 1.807) is 6.92 Å². The molecule has 0 spiro atoms. The minimum atomic E-state index is -3.38. The average molecular weight is 196 g/mol. The SMILES string of the molecule is CC(CCOS(C)(=O)=O)OC=O. The van der Waals surface area contributed by atoms with Gasteiger partial charge in [-0.15, -0.1) is 0 Å². The molecule has 0 aromatic rings. The molecule has 5 nitrogen and oxygen atoms in total. The normalized spacial score (nSPS) is 13.8. The van der Waals surface area contributed by atoms with Gasteiger partial charge in [-0.3, -0.25) is 8.98 Å². The van der Waals surface area contributed by atoms with E-state index in [9.17, 15) is 13.2 Å². The second-order valence-corrected chi connectivity index (χ2v) is 4.00. The molecule has 12 heavy (non-hydrogen) atoms. The standard InChI is InChI=1S/C6H12O5S/c1-6(10-5-7)3-4-11-12(2,8)9/h5-6H,3-4H2,1-2H3. The minimum Gasteiger partial charge on any atom is -0.465 e. The van der Waals surface area contributed by atoms with E-state index < -0.39 is 10.1 Å². The van der Waals surface area contributed by atoms with Gasteiger partial charge in [0.25, 0.3) is 16.6 Å². The number of carbonyl (C=O) groups is 1. The van der Waals surface area contributed by atoms with Crippen LogP contribution in [0.4, 0.5) is 0 Å². The first-order valence-electron chi connectivity index (χ1n) is 3.39. The van der Waals surface area contributed by atoms with Gasteiger partial charge < -0.3 is 4.74 Å². The highest BCUT2D eigenvalue weighted by Crippen LogP contribution is 1.97. The molecule has 0 aromatic carbocycles. The Kier molecular flexibility index (Phi) is 4.84. The lowest BCUT2D eigenvalue weighted by atomic mass is 10.3. The third kappa shape index (κ3) is 7.49. The first-order chi connectivity index (χ1) is 5.45. The molecule has 0 aliphatic heterocycles.